The van der Waals surface area contributed by atoms with E-state index in [1.54, 1.807) is 6.07 Å². The number of hydrogen-bond acceptors (Lipinski definition) is 4. The van der Waals surface area contributed by atoms with E-state index in [2.05, 4.69) is 0 Å². The molecule has 1 atom stereocenters. The van der Waals surface area contributed by atoms with E-state index in [-0.39, 0.29) is 11.8 Å². The molecule has 88 valence electrons. The van der Waals surface area contributed by atoms with Crippen LogP contribution in [-0.2, 0) is 9.84 Å². The van der Waals surface area contributed by atoms with Crippen molar-refractivity contribution in [1.29, 1.82) is 0 Å². The number of likely N-dealkylation sites (N-methyl/N-ethyl adjacent to an activating group) is 1. The predicted octanol–water partition coefficient (Wildman–Crippen LogP) is 0.546. The Morgan fingerprint density at radius 2 is 2.19 bits per heavy atom. The van der Waals surface area contributed by atoms with Crippen LogP contribution in [0.15, 0.2) is 23.1 Å². The minimum atomic E-state index is -3.18. The third-order valence-electron chi connectivity index (χ3n) is 3.06. The van der Waals surface area contributed by atoms with E-state index in [1.165, 1.54) is 0 Å². The summed E-state index contributed by atoms with van der Waals surface area (Å²) in [6.45, 7) is 2.24. The zero-order valence-electron chi connectivity index (χ0n) is 9.47. The molecule has 1 aliphatic heterocycles. The summed E-state index contributed by atoms with van der Waals surface area (Å²) >= 11 is 0. The van der Waals surface area contributed by atoms with Gasteiger partial charge in [0, 0.05) is 13.6 Å². The molecule has 1 aliphatic rings. The third kappa shape index (κ3) is 1.70. The van der Waals surface area contributed by atoms with Crippen LogP contribution in [-0.4, -0.2) is 33.8 Å². The molecule has 1 unspecified atom stereocenters. The number of aryl methyl sites for hydroxylation is 1. The lowest BCUT2D eigenvalue weighted by Gasteiger charge is -2.35. The van der Waals surface area contributed by atoms with Crippen molar-refractivity contribution in [2.45, 2.75) is 17.9 Å². The molecule has 0 aromatic heterocycles. The average molecular weight is 240 g/mol. The summed E-state index contributed by atoms with van der Waals surface area (Å²) in [6, 6.07) is 5.38. The van der Waals surface area contributed by atoms with Crippen molar-refractivity contribution in [3.63, 3.8) is 0 Å². The van der Waals surface area contributed by atoms with E-state index in [0.717, 1.165) is 11.3 Å². The molecule has 5 heteroatoms. The monoisotopic (exact) mass is 240 g/mol. The first kappa shape index (κ1) is 11.4. The summed E-state index contributed by atoms with van der Waals surface area (Å²) < 4.78 is 24.1. The summed E-state index contributed by atoms with van der Waals surface area (Å²) in [5, 5.41) is 0. The van der Waals surface area contributed by atoms with Crippen molar-refractivity contribution in [1.82, 2.24) is 0 Å². The molecule has 0 saturated carbocycles. The van der Waals surface area contributed by atoms with Crippen molar-refractivity contribution < 1.29 is 8.42 Å². The van der Waals surface area contributed by atoms with Gasteiger partial charge in [-0.2, -0.15) is 0 Å². The van der Waals surface area contributed by atoms with Crippen molar-refractivity contribution >= 4 is 15.5 Å². The molecular formula is C11H16N2O2S. The van der Waals surface area contributed by atoms with E-state index < -0.39 is 9.84 Å². The Morgan fingerprint density at radius 3 is 2.81 bits per heavy atom. The topological polar surface area (TPSA) is 63.4 Å². The Kier molecular flexibility index (Phi) is 2.67. The minimum Gasteiger partial charge on any atom is -0.368 e. The highest BCUT2D eigenvalue weighted by Gasteiger charge is 2.32. The quantitative estimate of drug-likeness (QED) is 0.778. The molecule has 2 N–H and O–H groups in total. The smallest absolute Gasteiger partial charge is 0.182 e. The van der Waals surface area contributed by atoms with Crippen LogP contribution in [0, 0.1) is 6.92 Å². The summed E-state index contributed by atoms with van der Waals surface area (Å²) in [7, 11) is -1.29. The lowest BCUT2D eigenvalue weighted by molar-refractivity contribution is 0.573. The molecule has 0 aliphatic carbocycles. The second-order valence-electron chi connectivity index (χ2n) is 4.25. The molecule has 1 aromatic rings. The van der Waals surface area contributed by atoms with Crippen molar-refractivity contribution in [2.75, 3.05) is 24.2 Å². The first-order chi connectivity index (χ1) is 7.45. The Hall–Kier alpha value is -1.07. The van der Waals surface area contributed by atoms with Gasteiger partial charge in [-0.05, 0) is 24.6 Å². The highest BCUT2D eigenvalue weighted by molar-refractivity contribution is 7.91. The minimum absolute atomic E-state index is 0.108. The molecule has 16 heavy (non-hydrogen) atoms. The van der Waals surface area contributed by atoms with Gasteiger partial charge in [-0.25, -0.2) is 8.42 Å². The van der Waals surface area contributed by atoms with Gasteiger partial charge in [0.2, 0.25) is 0 Å². The molecule has 4 nitrogen and oxygen atoms in total. The largest absolute Gasteiger partial charge is 0.368 e. The van der Waals surface area contributed by atoms with Crippen LogP contribution in [0.25, 0.3) is 0 Å². The standard InChI is InChI=1S/C11H16N2O2S/c1-8-3-4-10-11(5-8)16(14,15)7-9(6-12)13(10)2/h3-5,9H,6-7,12H2,1-2H3. The summed E-state index contributed by atoms with van der Waals surface area (Å²) in [6.07, 6.45) is 0. The number of hydrogen-bond donors (Lipinski definition) is 1. The average Bonchev–Trinajstić information content (AvgIpc) is 2.23. The van der Waals surface area contributed by atoms with E-state index >= 15 is 0 Å². The van der Waals surface area contributed by atoms with Crippen molar-refractivity contribution in [3.8, 4) is 0 Å². The number of nitrogens with zero attached hydrogens (tertiary/aromatic N) is 1. The van der Waals surface area contributed by atoms with Gasteiger partial charge in [0.1, 0.15) is 0 Å². The fourth-order valence-electron chi connectivity index (χ4n) is 2.04. The van der Waals surface area contributed by atoms with Crippen LogP contribution in [0.3, 0.4) is 0 Å². The second kappa shape index (κ2) is 3.75. The lowest BCUT2D eigenvalue weighted by Crippen LogP contribution is -2.46. The van der Waals surface area contributed by atoms with Gasteiger partial charge >= 0.3 is 0 Å². The van der Waals surface area contributed by atoms with Crippen LogP contribution in [0.1, 0.15) is 5.56 Å². The van der Waals surface area contributed by atoms with E-state index in [1.807, 2.05) is 31.0 Å². The van der Waals surface area contributed by atoms with Crippen LogP contribution in [0.4, 0.5) is 5.69 Å². The first-order valence-electron chi connectivity index (χ1n) is 5.22. The van der Waals surface area contributed by atoms with Gasteiger partial charge in [0.05, 0.1) is 22.4 Å². The molecule has 1 aromatic carbocycles. The Labute approximate surface area is 96.0 Å². The third-order valence-corrected chi connectivity index (χ3v) is 4.88. The summed E-state index contributed by atoms with van der Waals surface area (Å²) in [5.41, 5.74) is 7.31. The van der Waals surface area contributed by atoms with Gasteiger partial charge in [-0.3, -0.25) is 0 Å². The molecule has 0 spiro atoms. The van der Waals surface area contributed by atoms with Gasteiger partial charge in [0.25, 0.3) is 0 Å². The molecule has 0 radical (unpaired) electrons. The fourth-order valence-corrected chi connectivity index (χ4v) is 3.98. The molecule has 0 amide bonds. The maximum Gasteiger partial charge on any atom is 0.182 e. The number of nitrogens with two attached hydrogens (primary N) is 1. The number of rotatable bonds is 1. The maximum absolute atomic E-state index is 12.1. The van der Waals surface area contributed by atoms with E-state index in [9.17, 15) is 8.42 Å². The highest BCUT2D eigenvalue weighted by atomic mass is 32.2. The Balaban J connectivity index is 2.63. The SMILES string of the molecule is Cc1ccc2c(c1)S(=O)(=O)CC(CN)N2C. The predicted molar refractivity (Wildman–Crippen MR) is 64.5 cm³/mol. The second-order valence-corrected chi connectivity index (χ2v) is 6.26. The molecule has 0 bridgehead atoms. The van der Waals surface area contributed by atoms with E-state index in [4.69, 9.17) is 5.73 Å². The first-order valence-corrected chi connectivity index (χ1v) is 6.87. The fraction of sp³-hybridized carbons (Fsp3) is 0.455. The summed E-state index contributed by atoms with van der Waals surface area (Å²) in [5.74, 6) is 0.108. The summed E-state index contributed by atoms with van der Waals surface area (Å²) in [4.78, 5) is 2.38. The molecule has 1 heterocycles. The zero-order chi connectivity index (χ0) is 11.9. The molecule has 0 saturated heterocycles. The van der Waals surface area contributed by atoms with Gasteiger partial charge < -0.3 is 10.6 Å². The van der Waals surface area contributed by atoms with Gasteiger partial charge in [-0.15, -0.1) is 0 Å². The van der Waals surface area contributed by atoms with Gasteiger partial charge in [0.15, 0.2) is 9.84 Å². The van der Waals surface area contributed by atoms with Crippen molar-refractivity contribution in [3.05, 3.63) is 23.8 Å². The number of benzene rings is 1. The highest BCUT2D eigenvalue weighted by Crippen LogP contribution is 2.32. The van der Waals surface area contributed by atoms with Crippen LogP contribution in [0.2, 0.25) is 0 Å². The van der Waals surface area contributed by atoms with Crippen LogP contribution < -0.4 is 10.6 Å². The number of sulfone groups is 1. The Bertz CT molecular complexity index is 511. The maximum atomic E-state index is 12.1. The van der Waals surface area contributed by atoms with Gasteiger partial charge in [-0.1, -0.05) is 6.07 Å². The Morgan fingerprint density at radius 1 is 1.50 bits per heavy atom. The van der Waals surface area contributed by atoms with Crippen LogP contribution >= 0.6 is 0 Å². The van der Waals surface area contributed by atoms with Crippen molar-refractivity contribution in [2.24, 2.45) is 5.73 Å². The number of fused-ring (bicyclic) bond motifs is 1. The molecule has 2 rings (SSSR count). The normalized spacial score (nSPS) is 22.9. The van der Waals surface area contributed by atoms with E-state index in [0.29, 0.717) is 11.4 Å². The molecular weight excluding hydrogens is 224 g/mol. The lowest BCUT2D eigenvalue weighted by atomic mass is 10.2. The zero-order valence-corrected chi connectivity index (χ0v) is 10.3. The molecule has 0 fully saturated rings. The van der Waals surface area contributed by atoms with Crippen LogP contribution in [0.5, 0.6) is 0 Å². The number of anilines is 1.